The van der Waals surface area contributed by atoms with Gasteiger partial charge >= 0.3 is 5.97 Å². The first-order valence-electron chi connectivity index (χ1n) is 6.28. The maximum Gasteiger partial charge on any atom is 0.307 e. The number of hydrogen-bond acceptors (Lipinski definition) is 3. The molecule has 0 aliphatic heterocycles. The largest absolute Gasteiger partial charge is 0.481 e. The van der Waals surface area contributed by atoms with E-state index < -0.39 is 23.2 Å². The highest BCUT2D eigenvalue weighted by molar-refractivity contribution is 5.93. The highest BCUT2D eigenvalue weighted by Crippen LogP contribution is 2.58. The molecule has 0 aromatic heterocycles. The summed E-state index contributed by atoms with van der Waals surface area (Å²) in [5.41, 5.74) is -0.902. The molecule has 1 fully saturated rings. The molecule has 0 saturated heterocycles. The second kappa shape index (κ2) is 4.83. The number of nitrogens with one attached hydrogen (secondary N) is 2. The van der Waals surface area contributed by atoms with Gasteiger partial charge in [0.25, 0.3) is 0 Å². The molecule has 1 rings (SSSR count). The minimum Gasteiger partial charge on any atom is -0.481 e. The van der Waals surface area contributed by atoms with Crippen molar-refractivity contribution >= 4 is 17.8 Å². The van der Waals surface area contributed by atoms with Crippen molar-refractivity contribution in [1.82, 2.24) is 10.6 Å². The maximum absolute atomic E-state index is 11.9. The molecule has 0 aromatic rings. The van der Waals surface area contributed by atoms with Gasteiger partial charge in [0, 0.05) is 5.54 Å². The Balaban J connectivity index is 2.46. The summed E-state index contributed by atoms with van der Waals surface area (Å²) in [5, 5.41) is 14.2. The average Bonchev–Trinajstić information content (AvgIpc) is 2.75. The van der Waals surface area contributed by atoms with E-state index in [4.69, 9.17) is 5.11 Å². The number of aliphatic carboxylic acids is 1. The van der Waals surface area contributed by atoms with E-state index in [0.29, 0.717) is 0 Å². The fourth-order valence-electron chi connectivity index (χ4n) is 2.33. The van der Waals surface area contributed by atoms with Crippen LogP contribution >= 0.6 is 0 Å². The van der Waals surface area contributed by atoms with Gasteiger partial charge in [0.1, 0.15) is 0 Å². The van der Waals surface area contributed by atoms with Gasteiger partial charge in [-0.05, 0) is 26.2 Å². The summed E-state index contributed by atoms with van der Waals surface area (Å²) in [6.45, 7) is 8.89. The smallest absolute Gasteiger partial charge is 0.307 e. The first kappa shape index (κ1) is 15.5. The number of carbonyl (C=O) groups excluding carboxylic acids is 2. The summed E-state index contributed by atoms with van der Waals surface area (Å²) in [6.07, 6.45) is 0. The zero-order valence-electron chi connectivity index (χ0n) is 12.0. The standard InChI is InChI=1S/C13H22N2O4/c1-12(2,3)15-7(16)6-14-10(17)8-9(11(18)19)13(8,4)5/h8-9H,6H2,1-5H3,(H,14,17)(H,15,16)(H,18,19). The molecule has 0 heterocycles. The van der Waals surface area contributed by atoms with Crippen LogP contribution in [0.5, 0.6) is 0 Å². The Labute approximate surface area is 112 Å². The van der Waals surface area contributed by atoms with Crippen molar-refractivity contribution < 1.29 is 19.5 Å². The summed E-state index contributed by atoms with van der Waals surface area (Å²) >= 11 is 0. The number of carboxylic acid groups (broad SMARTS) is 1. The fraction of sp³-hybridized carbons (Fsp3) is 0.769. The van der Waals surface area contributed by atoms with Crippen LogP contribution in [0.1, 0.15) is 34.6 Å². The molecular formula is C13H22N2O4. The van der Waals surface area contributed by atoms with Gasteiger partial charge in [-0.2, -0.15) is 0 Å². The summed E-state index contributed by atoms with van der Waals surface area (Å²) in [5.74, 6) is -2.86. The van der Waals surface area contributed by atoms with E-state index >= 15 is 0 Å². The van der Waals surface area contributed by atoms with E-state index in [1.54, 1.807) is 13.8 Å². The maximum atomic E-state index is 11.9. The van der Waals surface area contributed by atoms with Crippen LogP contribution in [0, 0.1) is 17.3 Å². The van der Waals surface area contributed by atoms with E-state index in [-0.39, 0.29) is 23.9 Å². The monoisotopic (exact) mass is 270 g/mol. The van der Waals surface area contributed by atoms with Gasteiger partial charge in [0.05, 0.1) is 18.4 Å². The second-order valence-electron chi connectivity index (χ2n) is 6.63. The minimum atomic E-state index is -0.968. The van der Waals surface area contributed by atoms with Gasteiger partial charge in [-0.25, -0.2) is 0 Å². The van der Waals surface area contributed by atoms with Gasteiger partial charge in [0.2, 0.25) is 11.8 Å². The zero-order valence-corrected chi connectivity index (χ0v) is 12.0. The topological polar surface area (TPSA) is 95.5 Å². The van der Waals surface area contributed by atoms with E-state index in [2.05, 4.69) is 10.6 Å². The molecule has 108 valence electrons. The predicted octanol–water partition coefficient (Wildman–Crippen LogP) is 0.374. The van der Waals surface area contributed by atoms with E-state index in [1.807, 2.05) is 20.8 Å². The number of hydrogen-bond donors (Lipinski definition) is 3. The van der Waals surface area contributed by atoms with Crippen molar-refractivity contribution in [2.45, 2.75) is 40.2 Å². The van der Waals surface area contributed by atoms with Crippen LogP contribution in [0.25, 0.3) is 0 Å². The Morgan fingerprint density at radius 1 is 1.16 bits per heavy atom. The van der Waals surface area contributed by atoms with Crippen molar-refractivity contribution in [2.24, 2.45) is 17.3 Å². The lowest BCUT2D eigenvalue weighted by molar-refractivity contribution is -0.140. The third-order valence-corrected chi connectivity index (χ3v) is 3.31. The van der Waals surface area contributed by atoms with Crippen LogP contribution in [0.15, 0.2) is 0 Å². The van der Waals surface area contributed by atoms with Crippen LogP contribution in [-0.2, 0) is 14.4 Å². The molecule has 0 radical (unpaired) electrons. The first-order chi connectivity index (χ1) is 8.47. The molecule has 2 amide bonds. The van der Waals surface area contributed by atoms with Crippen LogP contribution in [0.4, 0.5) is 0 Å². The van der Waals surface area contributed by atoms with Crippen molar-refractivity contribution in [3.63, 3.8) is 0 Å². The highest BCUT2D eigenvalue weighted by atomic mass is 16.4. The summed E-state index contributed by atoms with van der Waals surface area (Å²) in [6, 6.07) is 0. The Bertz CT molecular complexity index is 409. The molecule has 19 heavy (non-hydrogen) atoms. The molecular weight excluding hydrogens is 248 g/mol. The molecule has 2 unspecified atom stereocenters. The second-order valence-corrected chi connectivity index (χ2v) is 6.63. The van der Waals surface area contributed by atoms with Gasteiger partial charge < -0.3 is 15.7 Å². The first-order valence-corrected chi connectivity index (χ1v) is 6.28. The van der Waals surface area contributed by atoms with Crippen LogP contribution in [0.2, 0.25) is 0 Å². The molecule has 6 heteroatoms. The predicted molar refractivity (Wildman–Crippen MR) is 69.3 cm³/mol. The quantitative estimate of drug-likeness (QED) is 0.688. The molecule has 2 atom stereocenters. The van der Waals surface area contributed by atoms with Crippen molar-refractivity contribution in [1.29, 1.82) is 0 Å². The number of carbonyl (C=O) groups is 3. The van der Waals surface area contributed by atoms with Crippen molar-refractivity contribution in [3.05, 3.63) is 0 Å². The van der Waals surface area contributed by atoms with E-state index in [9.17, 15) is 14.4 Å². The molecule has 1 saturated carbocycles. The number of amides is 2. The van der Waals surface area contributed by atoms with Gasteiger partial charge in [-0.1, -0.05) is 13.8 Å². The molecule has 0 bridgehead atoms. The van der Waals surface area contributed by atoms with E-state index in [1.165, 1.54) is 0 Å². The average molecular weight is 270 g/mol. The Morgan fingerprint density at radius 3 is 2.05 bits per heavy atom. The molecule has 6 nitrogen and oxygen atoms in total. The number of carboxylic acids is 1. The Hall–Kier alpha value is -1.59. The van der Waals surface area contributed by atoms with E-state index in [0.717, 1.165) is 0 Å². The summed E-state index contributed by atoms with van der Waals surface area (Å²) in [7, 11) is 0. The minimum absolute atomic E-state index is 0.130. The van der Waals surface area contributed by atoms with Gasteiger partial charge in [0.15, 0.2) is 0 Å². The lowest BCUT2D eigenvalue weighted by Crippen LogP contribution is -2.46. The zero-order chi connectivity index (χ0) is 15.0. The third kappa shape index (κ3) is 3.68. The third-order valence-electron chi connectivity index (χ3n) is 3.31. The number of rotatable bonds is 4. The van der Waals surface area contributed by atoms with Crippen LogP contribution < -0.4 is 10.6 Å². The lowest BCUT2D eigenvalue weighted by atomic mass is 10.1. The Morgan fingerprint density at radius 2 is 1.68 bits per heavy atom. The van der Waals surface area contributed by atoms with Crippen LogP contribution in [-0.4, -0.2) is 35.0 Å². The molecule has 0 aromatic carbocycles. The lowest BCUT2D eigenvalue weighted by Gasteiger charge is -2.20. The van der Waals surface area contributed by atoms with Crippen molar-refractivity contribution in [3.8, 4) is 0 Å². The van der Waals surface area contributed by atoms with Crippen molar-refractivity contribution in [2.75, 3.05) is 6.54 Å². The molecule has 1 aliphatic rings. The van der Waals surface area contributed by atoms with Crippen LogP contribution in [0.3, 0.4) is 0 Å². The normalized spacial score (nSPS) is 24.5. The summed E-state index contributed by atoms with van der Waals surface area (Å²) in [4.78, 5) is 34.4. The molecule has 0 spiro atoms. The summed E-state index contributed by atoms with van der Waals surface area (Å²) < 4.78 is 0. The SMILES string of the molecule is CC(C)(C)NC(=O)CNC(=O)C1C(C(=O)O)C1(C)C. The van der Waals surface area contributed by atoms with Gasteiger partial charge in [-0.3, -0.25) is 14.4 Å². The van der Waals surface area contributed by atoms with Gasteiger partial charge in [-0.15, -0.1) is 0 Å². The Kier molecular flexibility index (Phi) is 3.93. The highest BCUT2D eigenvalue weighted by Gasteiger charge is 2.65. The fourth-order valence-corrected chi connectivity index (χ4v) is 2.33. The molecule has 3 N–H and O–H groups in total. The molecule has 1 aliphatic carbocycles.